The van der Waals surface area contributed by atoms with Gasteiger partial charge in [-0.1, -0.05) is 6.08 Å². The molecule has 1 aromatic heterocycles. The van der Waals surface area contributed by atoms with Gasteiger partial charge in [-0.25, -0.2) is 4.79 Å². The van der Waals surface area contributed by atoms with Crippen LogP contribution in [0.5, 0.6) is 0 Å². The molecule has 0 aliphatic heterocycles. The largest absolute Gasteiger partial charge is 0.480 e. The van der Waals surface area contributed by atoms with Gasteiger partial charge in [0.15, 0.2) is 0 Å². The van der Waals surface area contributed by atoms with Gasteiger partial charge < -0.3 is 15.3 Å². The first kappa shape index (κ1) is 13.8. The van der Waals surface area contributed by atoms with Crippen LogP contribution in [-0.4, -0.2) is 51.4 Å². The molecule has 0 unspecified atom stereocenters. The number of nitrogens with one attached hydrogen (secondary N) is 1. The third-order valence-electron chi connectivity index (χ3n) is 2.14. The number of carbonyl (C=O) groups is 2. The minimum Gasteiger partial charge on any atom is -0.480 e. The Morgan fingerprint density at radius 2 is 2.33 bits per heavy atom. The van der Waals surface area contributed by atoms with E-state index in [1.165, 1.54) is 11.0 Å². The molecule has 7 heteroatoms. The number of carboxylic acids is 1. The molecule has 0 aliphatic carbocycles. The third-order valence-corrected chi connectivity index (χ3v) is 2.14. The molecule has 1 heterocycles. The van der Waals surface area contributed by atoms with Gasteiger partial charge in [-0.05, 0) is 6.07 Å². The highest BCUT2D eigenvalue weighted by Gasteiger charge is 2.14. The van der Waals surface area contributed by atoms with E-state index in [9.17, 15) is 9.59 Å². The monoisotopic (exact) mass is 252 g/mol. The lowest BCUT2D eigenvalue weighted by molar-refractivity contribution is -0.137. The van der Waals surface area contributed by atoms with E-state index in [2.05, 4.69) is 17.0 Å². The molecule has 1 aromatic rings. The van der Waals surface area contributed by atoms with Gasteiger partial charge in [0.2, 0.25) is 0 Å². The van der Waals surface area contributed by atoms with E-state index in [1.807, 2.05) is 0 Å². The van der Waals surface area contributed by atoms with Crippen LogP contribution in [0, 0.1) is 0 Å². The number of hydrogen-bond acceptors (Lipinski definition) is 3. The number of carboxylic acid groups (broad SMARTS) is 1. The summed E-state index contributed by atoms with van der Waals surface area (Å²) in [6.07, 6.45) is 4.91. The molecule has 7 nitrogen and oxygen atoms in total. The molecule has 0 radical (unpaired) electrons. The van der Waals surface area contributed by atoms with Crippen LogP contribution in [0.1, 0.15) is 0 Å². The number of amides is 2. The molecule has 0 spiro atoms. The Bertz CT molecular complexity index is 402. The van der Waals surface area contributed by atoms with Crippen LogP contribution in [0.15, 0.2) is 31.1 Å². The molecule has 0 aliphatic rings. The second-order valence-corrected chi connectivity index (χ2v) is 3.56. The van der Waals surface area contributed by atoms with Crippen molar-refractivity contribution in [3.05, 3.63) is 31.1 Å². The summed E-state index contributed by atoms with van der Waals surface area (Å²) < 4.78 is 1.68. The molecule has 18 heavy (non-hydrogen) atoms. The number of rotatable bonds is 7. The summed E-state index contributed by atoms with van der Waals surface area (Å²) in [6.45, 7) is 4.25. The molecular weight excluding hydrogens is 236 g/mol. The SMILES string of the molecule is C=CCN(CC(=O)O)C(=O)NCCn1cccn1. The number of hydrogen-bond donors (Lipinski definition) is 2. The summed E-state index contributed by atoms with van der Waals surface area (Å²) in [5.41, 5.74) is 0. The number of carbonyl (C=O) groups excluding carboxylic acids is 1. The quantitative estimate of drug-likeness (QED) is 0.677. The van der Waals surface area contributed by atoms with E-state index >= 15 is 0 Å². The Balaban J connectivity index is 2.36. The van der Waals surface area contributed by atoms with E-state index in [4.69, 9.17) is 5.11 Å². The van der Waals surface area contributed by atoms with Gasteiger partial charge in [0, 0.05) is 25.5 Å². The fourth-order valence-electron chi connectivity index (χ4n) is 1.36. The van der Waals surface area contributed by atoms with E-state index in [0.717, 1.165) is 0 Å². The lowest BCUT2D eigenvalue weighted by Gasteiger charge is -2.19. The fourth-order valence-corrected chi connectivity index (χ4v) is 1.36. The number of aliphatic carboxylic acids is 1. The van der Waals surface area contributed by atoms with E-state index in [-0.39, 0.29) is 13.1 Å². The summed E-state index contributed by atoms with van der Waals surface area (Å²) in [7, 11) is 0. The maximum Gasteiger partial charge on any atom is 0.323 e. The third kappa shape index (κ3) is 4.69. The first-order chi connectivity index (χ1) is 8.63. The van der Waals surface area contributed by atoms with Crippen molar-refractivity contribution in [2.24, 2.45) is 0 Å². The van der Waals surface area contributed by atoms with E-state index in [0.29, 0.717) is 13.1 Å². The average Bonchev–Trinajstić information content (AvgIpc) is 2.81. The molecule has 1 rings (SSSR count). The number of aromatic nitrogens is 2. The molecule has 0 atom stereocenters. The molecule has 0 fully saturated rings. The molecule has 0 saturated carbocycles. The van der Waals surface area contributed by atoms with Crippen LogP contribution < -0.4 is 5.32 Å². The van der Waals surface area contributed by atoms with Crippen LogP contribution in [0.4, 0.5) is 4.79 Å². The highest BCUT2D eigenvalue weighted by molar-refractivity contribution is 5.80. The molecule has 2 N–H and O–H groups in total. The first-order valence-electron chi connectivity index (χ1n) is 5.46. The van der Waals surface area contributed by atoms with Crippen LogP contribution in [0.3, 0.4) is 0 Å². The second kappa shape index (κ2) is 7.10. The van der Waals surface area contributed by atoms with Crippen molar-refractivity contribution in [2.75, 3.05) is 19.6 Å². The van der Waals surface area contributed by atoms with Gasteiger partial charge in [-0.15, -0.1) is 6.58 Å². The summed E-state index contributed by atoms with van der Waals surface area (Å²) in [6, 6.07) is 1.36. The summed E-state index contributed by atoms with van der Waals surface area (Å²) in [5.74, 6) is -1.06. The molecule has 0 aromatic carbocycles. The topological polar surface area (TPSA) is 87.5 Å². The summed E-state index contributed by atoms with van der Waals surface area (Å²) >= 11 is 0. The van der Waals surface area contributed by atoms with E-state index in [1.54, 1.807) is 23.1 Å². The van der Waals surface area contributed by atoms with Crippen molar-refractivity contribution in [1.82, 2.24) is 20.0 Å². The predicted octanol–water partition coefficient (Wildman–Crippen LogP) is 0.165. The maximum atomic E-state index is 11.7. The second-order valence-electron chi connectivity index (χ2n) is 3.56. The molecule has 98 valence electrons. The molecule has 2 amide bonds. The Labute approximate surface area is 105 Å². The highest BCUT2D eigenvalue weighted by Crippen LogP contribution is 1.91. The maximum absolute atomic E-state index is 11.7. The summed E-state index contributed by atoms with van der Waals surface area (Å²) in [4.78, 5) is 23.4. The van der Waals surface area contributed by atoms with Crippen molar-refractivity contribution in [1.29, 1.82) is 0 Å². The zero-order valence-electron chi connectivity index (χ0n) is 9.95. The van der Waals surface area contributed by atoms with E-state index < -0.39 is 12.0 Å². The van der Waals surface area contributed by atoms with Crippen molar-refractivity contribution < 1.29 is 14.7 Å². The fraction of sp³-hybridized carbons (Fsp3) is 0.364. The van der Waals surface area contributed by atoms with Gasteiger partial charge in [0.1, 0.15) is 6.54 Å². The minimum absolute atomic E-state index is 0.194. The van der Waals surface area contributed by atoms with Crippen LogP contribution in [0.25, 0.3) is 0 Å². The lowest BCUT2D eigenvalue weighted by atomic mass is 10.4. The summed E-state index contributed by atoms with van der Waals surface area (Å²) in [5, 5.41) is 15.3. The van der Waals surface area contributed by atoms with Crippen LogP contribution >= 0.6 is 0 Å². The van der Waals surface area contributed by atoms with Gasteiger partial charge in [-0.3, -0.25) is 9.48 Å². The standard InChI is InChI=1S/C11H16N4O3/c1-2-6-14(9-10(16)17)11(18)12-5-8-15-7-3-4-13-15/h2-4,7H,1,5-6,8-9H2,(H,12,18)(H,16,17). The van der Waals surface area contributed by atoms with Crippen molar-refractivity contribution in [3.63, 3.8) is 0 Å². The predicted molar refractivity (Wildman–Crippen MR) is 65.0 cm³/mol. The molecular formula is C11H16N4O3. The number of urea groups is 1. The smallest absolute Gasteiger partial charge is 0.323 e. The van der Waals surface area contributed by atoms with Gasteiger partial charge >= 0.3 is 12.0 Å². The van der Waals surface area contributed by atoms with Gasteiger partial charge in [0.25, 0.3) is 0 Å². The van der Waals surface area contributed by atoms with Gasteiger partial charge in [0.05, 0.1) is 6.54 Å². The molecule has 0 bridgehead atoms. The zero-order valence-corrected chi connectivity index (χ0v) is 9.95. The zero-order chi connectivity index (χ0) is 13.4. The Morgan fingerprint density at radius 1 is 1.56 bits per heavy atom. The van der Waals surface area contributed by atoms with Crippen molar-refractivity contribution in [2.45, 2.75) is 6.54 Å². The Morgan fingerprint density at radius 3 is 2.89 bits per heavy atom. The highest BCUT2D eigenvalue weighted by atomic mass is 16.4. The lowest BCUT2D eigenvalue weighted by Crippen LogP contribution is -2.43. The van der Waals surface area contributed by atoms with Crippen LogP contribution in [0.2, 0.25) is 0 Å². The van der Waals surface area contributed by atoms with Gasteiger partial charge in [-0.2, -0.15) is 5.10 Å². The van der Waals surface area contributed by atoms with Crippen molar-refractivity contribution >= 4 is 12.0 Å². The Kier molecular flexibility index (Phi) is 5.43. The Hall–Kier alpha value is -2.31. The van der Waals surface area contributed by atoms with Crippen molar-refractivity contribution in [3.8, 4) is 0 Å². The average molecular weight is 252 g/mol. The first-order valence-corrected chi connectivity index (χ1v) is 5.46. The number of nitrogens with zero attached hydrogens (tertiary/aromatic N) is 3. The van der Waals surface area contributed by atoms with Crippen LogP contribution in [-0.2, 0) is 11.3 Å². The molecule has 0 saturated heterocycles. The minimum atomic E-state index is -1.06. The normalized spacial score (nSPS) is 9.78.